The summed E-state index contributed by atoms with van der Waals surface area (Å²) in [6.45, 7) is 0. The molecular formula is C36H25Cl2PTi. The molecule has 3 aliphatic rings. The van der Waals surface area contributed by atoms with Gasteiger partial charge in [0.15, 0.2) is 0 Å². The van der Waals surface area contributed by atoms with Crippen LogP contribution in [0.2, 0.25) is 0 Å². The van der Waals surface area contributed by atoms with Gasteiger partial charge in [-0.1, -0.05) is 0 Å². The number of halogens is 2. The van der Waals surface area contributed by atoms with Gasteiger partial charge < -0.3 is 24.8 Å². The van der Waals surface area contributed by atoms with Gasteiger partial charge in [0.1, 0.15) is 0 Å². The van der Waals surface area contributed by atoms with Crippen molar-refractivity contribution in [2.24, 2.45) is 0 Å². The molecule has 8 rings (SSSR count). The third-order valence-electron chi connectivity index (χ3n) is 8.11. The molecule has 0 nitrogen and oxygen atoms in total. The Morgan fingerprint density at radius 3 is 2.00 bits per heavy atom. The van der Waals surface area contributed by atoms with Gasteiger partial charge in [0.25, 0.3) is 0 Å². The van der Waals surface area contributed by atoms with Gasteiger partial charge in [-0.3, -0.25) is 0 Å². The van der Waals surface area contributed by atoms with Crippen LogP contribution in [0.5, 0.6) is 0 Å². The quantitative estimate of drug-likeness (QED) is 0.218. The predicted octanol–water partition coefficient (Wildman–Crippen LogP) is 2.72. The summed E-state index contributed by atoms with van der Waals surface area (Å²) in [5, 5.41) is 4.65. The van der Waals surface area contributed by atoms with E-state index < -0.39 is 27.1 Å². The fraction of sp³-hybridized carbons (Fsp3) is 0.0556. The minimum atomic E-state index is -0.574. The van der Waals surface area contributed by atoms with E-state index >= 15 is 0 Å². The average Bonchev–Trinajstić information content (AvgIpc) is 3.52. The molecule has 0 saturated carbocycles. The van der Waals surface area contributed by atoms with Crippen LogP contribution in [0.4, 0.5) is 0 Å². The summed E-state index contributed by atoms with van der Waals surface area (Å²) in [5.74, 6) is 0. The van der Waals surface area contributed by atoms with Crippen molar-refractivity contribution in [2.45, 2.75) is 8.45 Å². The van der Waals surface area contributed by atoms with E-state index in [1.165, 1.54) is 49.6 Å². The molecule has 0 N–H and O–H groups in total. The molecule has 0 spiro atoms. The Hall–Kier alpha value is -2.70. The van der Waals surface area contributed by atoms with Crippen LogP contribution in [-0.2, 0) is 19.2 Å². The van der Waals surface area contributed by atoms with Crippen molar-refractivity contribution in [1.29, 1.82) is 0 Å². The number of allylic oxidation sites excluding steroid dienone is 2. The summed E-state index contributed by atoms with van der Waals surface area (Å²) < 4.78 is 1.09. The van der Waals surface area contributed by atoms with E-state index in [9.17, 15) is 0 Å². The molecule has 3 unspecified atom stereocenters. The monoisotopic (exact) mass is 606 g/mol. The molecule has 0 radical (unpaired) electrons. The SMILES string of the molecule is C1=C[CH]([Ti+2][CH]2C3=Cc4c(cccc42)-c2ccccc2P3c2ccccc2)c2cccc(-c3ccccc3)c21.[Cl-].[Cl-]. The van der Waals surface area contributed by atoms with Crippen LogP contribution in [0, 0.1) is 0 Å². The molecule has 0 saturated heterocycles. The predicted molar refractivity (Wildman–Crippen MR) is 159 cm³/mol. The molecule has 0 aromatic heterocycles. The smallest absolute Gasteiger partial charge is 1.00 e. The third kappa shape index (κ3) is 4.39. The maximum atomic E-state index is 2.59. The first-order valence-corrected chi connectivity index (χ1v) is 16.4. The average molecular weight is 607 g/mol. The van der Waals surface area contributed by atoms with Crippen molar-refractivity contribution in [2.75, 3.05) is 0 Å². The zero-order valence-electron chi connectivity index (χ0n) is 21.6. The Morgan fingerprint density at radius 1 is 0.550 bits per heavy atom. The van der Waals surface area contributed by atoms with Crippen molar-refractivity contribution in [3.8, 4) is 22.3 Å². The molecule has 1 aliphatic heterocycles. The zero-order chi connectivity index (χ0) is 25.1. The molecule has 4 bridgehead atoms. The first-order chi connectivity index (χ1) is 18.9. The van der Waals surface area contributed by atoms with E-state index in [-0.39, 0.29) is 24.8 Å². The van der Waals surface area contributed by atoms with Crippen molar-refractivity contribution in [3.05, 3.63) is 155 Å². The minimum Gasteiger partial charge on any atom is -1.00 e. The number of rotatable bonds is 4. The van der Waals surface area contributed by atoms with Crippen LogP contribution in [0.1, 0.15) is 30.7 Å². The summed E-state index contributed by atoms with van der Waals surface area (Å²) in [6, 6.07) is 45.3. The molecule has 3 atom stereocenters. The third-order valence-corrected chi connectivity index (χ3v) is 13.9. The van der Waals surface area contributed by atoms with Crippen LogP contribution in [0.15, 0.2) is 133 Å². The summed E-state index contributed by atoms with van der Waals surface area (Å²) >= 11 is -0.398. The Morgan fingerprint density at radius 2 is 1.20 bits per heavy atom. The summed E-state index contributed by atoms with van der Waals surface area (Å²) in [7, 11) is -0.574. The molecule has 40 heavy (non-hydrogen) atoms. The zero-order valence-corrected chi connectivity index (χ0v) is 25.6. The molecule has 5 aromatic rings. The van der Waals surface area contributed by atoms with Crippen LogP contribution < -0.4 is 35.4 Å². The van der Waals surface area contributed by atoms with Crippen molar-refractivity contribution >= 4 is 30.7 Å². The number of benzene rings is 5. The minimum absolute atomic E-state index is 0. The molecule has 5 aromatic carbocycles. The second kappa shape index (κ2) is 11.3. The molecule has 0 fully saturated rings. The van der Waals surface area contributed by atoms with Crippen LogP contribution in [-0.4, -0.2) is 0 Å². The van der Waals surface area contributed by atoms with E-state index in [1.54, 1.807) is 10.9 Å². The maximum absolute atomic E-state index is 2.59. The fourth-order valence-corrected chi connectivity index (χ4v) is 12.6. The van der Waals surface area contributed by atoms with Gasteiger partial charge in [0.2, 0.25) is 0 Å². The number of hydrogen-bond donors (Lipinski definition) is 0. The van der Waals surface area contributed by atoms with E-state index in [0.717, 1.165) is 0 Å². The van der Waals surface area contributed by atoms with Crippen LogP contribution in [0.3, 0.4) is 0 Å². The van der Waals surface area contributed by atoms with Crippen molar-refractivity contribution in [3.63, 3.8) is 0 Å². The van der Waals surface area contributed by atoms with Gasteiger partial charge in [-0.05, 0) is 0 Å². The Kier molecular flexibility index (Phi) is 7.76. The summed E-state index contributed by atoms with van der Waals surface area (Å²) in [6.07, 6.45) is 7.52. The molecular weight excluding hydrogens is 582 g/mol. The molecule has 4 heteroatoms. The van der Waals surface area contributed by atoms with Crippen LogP contribution >= 0.6 is 7.92 Å². The van der Waals surface area contributed by atoms with E-state index in [2.05, 4.69) is 140 Å². The van der Waals surface area contributed by atoms with Gasteiger partial charge in [0.05, 0.1) is 0 Å². The molecule has 0 amide bonds. The molecule has 1 heterocycles. The second-order valence-electron chi connectivity index (χ2n) is 10.2. The number of hydrogen-bond acceptors (Lipinski definition) is 0. The van der Waals surface area contributed by atoms with Gasteiger partial charge in [-0.2, -0.15) is 0 Å². The topological polar surface area (TPSA) is 0 Å². The summed E-state index contributed by atoms with van der Waals surface area (Å²) in [4.78, 5) is 0. The van der Waals surface area contributed by atoms with Gasteiger partial charge >= 0.3 is 236 Å². The first-order valence-electron chi connectivity index (χ1n) is 13.3. The molecule has 2 aliphatic carbocycles. The molecule has 192 valence electrons. The second-order valence-corrected chi connectivity index (χ2v) is 14.8. The number of fused-ring (bicyclic) bond motifs is 4. The van der Waals surface area contributed by atoms with E-state index in [4.69, 9.17) is 0 Å². The normalized spacial score (nSPS) is 18.8. The van der Waals surface area contributed by atoms with E-state index in [0.29, 0.717) is 8.45 Å². The van der Waals surface area contributed by atoms with Gasteiger partial charge in [-0.15, -0.1) is 0 Å². The standard InChI is InChI=1S/C21H14P.C15H11.2ClH.Ti/c1-2-8-16(9-3-1)22-17-13-15-7-6-11-18(20(15)14-17)19-10-4-5-12-21(19)22;1-2-6-12(7-3-1)14-10-4-8-13-9-5-11-15(13)14;;;/h1-14H;1-11H;2*1H;/q;;;;+2/p-2. The van der Waals surface area contributed by atoms with Crippen LogP contribution in [0.25, 0.3) is 34.4 Å². The Labute approximate surface area is 258 Å². The van der Waals surface area contributed by atoms with Crippen molar-refractivity contribution in [1.82, 2.24) is 0 Å². The van der Waals surface area contributed by atoms with Crippen molar-refractivity contribution < 1.29 is 44.0 Å². The summed E-state index contributed by atoms with van der Waals surface area (Å²) in [5.41, 5.74) is 11.5. The van der Waals surface area contributed by atoms with Gasteiger partial charge in [-0.25, -0.2) is 0 Å². The van der Waals surface area contributed by atoms with Gasteiger partial charge in [0, 0.05) is 0 Å². The largest absolute Gasteiger partial charge is 1.00 e. The Bertz CT molecular complexity index is 1760. The maximum Gasteiger partial charge on any atom is -1.00 e. The Balaban J connectivity index is 0.00000145. The van der Waals surface area contributed by atoms with E-state index in [1.807, 2.05) is 0 Å². The first kappa shape index (κ1) is 27.5. The fourth-order valence-electron chi connectivity index (χ4n) is 6.42.